The summed E-state index contributed by atoms with van der Waals surface area (Å²) in [5.74, 6) is 0. The second kappa shape index (κ2) is 12.3. The molecule has 0 spiro atoms. The van der Waals surface area contributed by atoms with Crippen LogP contribution in [0.4, 0.5) is 0 Å². The third kappa shape index (κ3) is 5.42. The van der Waals surface area contributed by atoms with Gasteiger partial charge in [0.2, 0.25) is 0 Å². The summed E-state index contributed by atoms with van der Waals surface area (Å²) in [5.41, 5.74) is 4.85. The van der Waals surface area contributed by atoms with Crippen molar-refractivity contribution >= 4 is 44.9 Å². The zero-order valence-electron chi connectivity index (χ0n) is 23.9. The van der Waals surface area contributed by atoms with Crippen molar-refractivity contribution in [3.8, 4) is 5.69 Å². The van der Waals surface area contributed by atoms with Crippen LogP contribution in [-0.2, 0) is 11.0 Å². The number of rotatable bonds is 11. The van der Waals surface area contributed by atoms with Crippen LogP contribution < -0.4 is 15.9 Å². The molecule has 0 amide bonds. The summed E-state index contributed by atoms with van der Waals surface area (Å²) in [6.07, 6.45) is 9.05. The Kier molecular flexibility index (Phi) is 8.21. The minimum Gasteiger partial charge on any atom is -0.309 e. The van der Waals surface area contributed by atoms with Crippen LogP contribution in [0.15, 0.2) is 127 Å². The Balaban J connectivity index is 1.40. The average Bonchev–Trinajstić information content (AvgIpc) is 3.37. The summed E-state index contributed by atoms with van der Waals surface area (Å²) in [4.78, 5) is 0. The van der Waals surface area contributed by atoms with Gasteiger partial charge in [-0.05, 0) is 54.8 Å². The second-order valence-electron chi connectivity index (χ2n) is 11.0. The maximum atomic E-state index is 15.1. The number of hydrogen-bond acceptors (Lipinski definition) is 1. The molecule has 0 fully saturated rings. The van der Waals surface area contributed by atoms with E-state index in [1.54, 1.807) is 0 Å². The van der Waals surface area contributed by atoms with Crippen molar-refractivity contribution in [2.75, 3.05) is 0 Å². The molecule has 0 N–H and O–H groups in total. The van der Waals surface area contributed by atoms with E-state index in [4.69, 9.17) is 0 Å². The van der Waals surface area contributed by atoms with Crippen molar-refractivity contribution < 1.29 is 4.57 Å². The standard InChI is InChI=1S/C38H38NOP/c1-2-3-4-5-6-9-16-30-23-25-31(26-24-30)39-37-22-15-14-21-35(37)36-29-34(27-28-38(36)39)41(40,32-17-10-7-11-18-32)33-19-12-8-13-20-33/h7-8,10-15,17-29H,2-6,9,16H2,1H3. The third-order valence-electron chi connectivity index (χ3n) is 8.27. The minimum absolute atomic E-state index is 0.857. The monoisotopic (exact) mass is 555 g/mol. The lowest BCUT2D eigenvalue weighted by atomic mass is 10.0. The molecular formula is C38H38NOP. The largest absolute Gasteiger partial charge is 0.309 e. The number of fused-ring (bicyclic) bond motifs is 3. The Bertz CT molecular complexity index is 1740. The molecule has 3 heteroatoms. The van der Waals surface area contributed by atoms with Gasteiger partial charge < -0.3 is 9.13 Å². The highest BCUT2D eigenvalue weighted by molar-refractivity contribution is 7.85. The Labute approximate surface area is 244 Å². The van der Waals surface area contributed by atoms with Gasteiger partial charge in [-0.3, -0.25) is 0 Å². The van der Waals surface area contributed by atoms with Crippen LogP contribution in [0.5, 0.6) is 0 Å². The molecule has 1 aromatic heterocycles. The quantitative estimate of drug-likeness (QED) is 0.115. The van der Waals surface area contributed by atoms with Gasteiger partial charge in [-0.25, -0.2) is 0 Å². The topological polar surface area (TPSA) is 22.0 Å². The van der Waals surface area contributed by atoms with E-state index >= 15 is 4.57 Å². The van der Waals surface area contributed by atoms with Crippen LogP contribution in [0.2, 0.25) is 0 Å². The van der Waals surface area contributed by atoms with E-state index in [9.17, 15) is 0 Å². The normalized spacial score (nSPS) is 11.8. The summed E-state index contributed by atoms with van der Waals surface area (Å²) in [5, 5.41) is 4.87. The second-order valence-corrected chi connectivity index (χ2v) is 13.8. The van der Waals surface area contributed by atoms with Crippen LogP contribution in [0, 0.1) is 0 Å². The van der Waals surface area contributed by atoms with Crippen LogP contribution in [0.3, 0.4) is 0 Å². The zero-order chi connectivity index (χ0) is 28.1. The molecule has 0 saturated carbocycles. The van der Waals surface area contributed by atoms with Gasteiger partial charge >= 0.3 is 0 Å². The van der Waals surface area contributed by atoms with Crippen LogP contribution in [-0.4, -0.2) is 4.57 Å². The highest BCUT2D eigenvalue weighted by atomic mass is 31.2. The van der Waals surface area contributed by atoms with Gasteiger partial charge in [-0.1, -0.05) is 130 Å². The molecule has 0 aliphatic rings. The molecule has 0 unspecified atom stereocenters. The number of aryl methyl sites for hydroxylation is 1. The van der Waals surface area contributed by atoms with E-state index in [0.717, 1.165) is 44.4 Å². The minimum atomic E-state index is -3.06. The molecule has 0 radical (unpaired) electrons. The molecule has 206 valence electrons. The molecule has 0 bridgehead atoms. The van der Waals surface area contributed by atoms with E-state index in [2.05, 4.69) is 78.2 Å². The summed E-state index contributed by atoms with van der Waals surface area (Å²) < 4.78 is 17.4. The Morgan fingerprint density at radius 1 is 0.537 bits per heavy atom. The average molecular weight is 556 g/mol. The predicted octanol–water partition coefficient (Wildman–Crippen LogP) is 9.33. The van der Waals surface area contributed by atoms with E-state index in [-0.39, 0.29) is 0 Å². The summed E-state index contributed by atoms with van der Waals surface area (Å²) in [6.45, 7) is 2.27. The first-order valence-electron chi connectivity index (χ1n) is 15.0. The highest BCUT2D eigenvalue weighted by Crippen LogP contribution is 2.44. The van der Waals surface area contributed by atoms with Gasteiger partial charge in [0, 0.05) is 32.4 Å². The molecule has 0 aliphatic heterocycles. The molecule has 2 nitrogen and oxygen atoms in total. The lowest BCUT2D eigenvalue weighted by molar-refractivity contribution is 0.592. The fourth-order valence-corrected chi connectivity index (χ4v) is 8.75. The highest BCUT2D eigenvalue weighted by Gasteiger charge is 2.30. The lowest BCUT2D eigenvalue weighted by Crippen LogP contribution is -2.24. The number of aromatic nitrogens is 1. The first-order chi connectivity index (χ1) is 20.2. The van der Waals surface area contributed by atoms with Crippen molar-refractivity contribution in [2.45, 2.75) is 51.9 Å². The van der Waals surface area contributed by atoms with Crippen molar-refractivity contribution in [3.63, 3.8) is 0 Å². The van der Waals surface area contributed by atoms with E-state index < -0.39 is 7.14 Å². The SMILES string of the molecule is CCCCCCCCc1ccc(-n2c3ccccc3c3cc(P(=O)(c4ccccc4)c4ccccc4)ccc32)cc1. The Hall–Kier alpha value is -3.87. The molecule has 5 aromatic carbocycles. The van der Waals surface area contributed by atoms with Crippen LogP contribution >= 0.6 is 7.14 Å². The summed E-state index contributed by atoms with van der Waals surface area (Å²) >= 11 is 0. The van der Waals surface area contributed by atoms with E-state index in [1.165, 1.54) is 49.5 Å². The molecule has 6 aromatic rings. The van der Waals surface area contributed by atoms with Crippen LogP contribution in [0.1, 0.15) is 51.0 Å². The van der Waals surface area contributed by atoms with Gasteiger partial charge in [0.1, 0.15) is 0 Å². The van der Waals surface area contributed by atoms with Gasteiger partial charge in [-0.2, -0.15) is 0 Å². The van der Waals surface area contributed by atoms with Gasteiger partial charge in [0.15, 0.2) is 7.14 Å². The van der Waals surface area contributed by atoms with Crippen molar-refractivity contribution in [2.24, 2.45) is 0 Å². The van der Waals surface area contributed by atoms with E-state index in [0.29, 0.717) is 0 Å². The smallest absolute Gasteiger partial charge is 0.171 e. The Morgan fingerprint density at radius 2 is 1.12 bits per heavy atom. The summed E-state index contributed by atoms with van der Waals surface area (Å²) in [6, 6.07) is 43.9. The molecule has 0 saturated heterocycles. The Morgan fingerprint density at radius 3 is 1.80 bits per heavy atom. The van der Waals surface area contributed by atoms with E-state index in [1.807, 2.05) is 60.7 Å². The van der Waals surface area contributed by atoms with Crippen molar-refractivity contribution in [1.29, 1.82) is 0 Å². The molecule has 1 heterocycles. The molecule has 41 heavy (non-hydrogen) atoms. The lowest BCUT2D eigenvalue weighted by Gasteiger charge is -2.20. The number of nitrogens with zero attached hydrogens (tertiary/aromatic N) is 1. The summed E-state index contributed by atoms with van der Waals surface area (Å²) in [7, 11) is -3.06. The van der Waals surface area contributed by atoms with Crippen molar-refractivity contribution in [3.05, 3.63) is 133 Å². The molecule has 0 aliphatic carbocycles. The van der Waals surface area contributed by atoms with Crippen molar-refractivity contribution in [1.82, 2.24) is 4.57 Å². The van der Waals surface area contributed by atoms with Gasteiger partial charge in [-0.15, -0.1) is 0 Å². The maximum absolute atomic E-state index is 15.1. The number of unbranched alkanes of at least 4 members (excludes halogenated alkanes) is 5. The third-order valence-corrected chi connectivity index (χ3v) is 11.3. The zero-order valence-corrected chi connectivity index (χ0v) is 24.8. The maximum Gasteiger partial charge on any atom is 0.171 e. The first kappa shape index (κ1) is 27.3. The molecule has 6 rings (SSSR count). The van der Waals surface area contributed by atoms with Gasteiger partial charge in [0.25, 0.3) is 0 Å². The first-order valence-corrected chi connectivity index (χ1v) is 16.7. The fourth-order valence-electron chi connectivity index (χ4n) is 6.08. The predicted molar refractivity (Wildman–Crippen MR) is 177 cm³/mol. The fraction of sp³-hybridized carbons (Fsp3) is 0.211. The molecule has 0 atom stereocenters. The number of hydrogen-bond donors (Lipinski definition) is 0. The van der Waals surface area contributed by atoms with Crippen LogP contribution in [0.25, 0.3) is 27.5 Å². The number of benzene rings is 5. The van der Waals surface area contributed by atoms with Gasteiger partial charge in [0.05, 0.1) is 11.0 Å². The number of para-hydroxylation sites is 1. The molecular weight excluding hydrogens is 517 g/mol.